The van der Waals surface area contributed by atoms with E-state index < -0.39 is 11.8 Å². The lowest BCUT2D eigenvalue weighted by Crippen LogP contribution is -2.70. The van der Waals surface area contributed by atoms with Gasteiger partial charge in [0.25, 0.3) is 0 Å². The van der Waals surface area contributed by atoms with Gasteiger partial charge in [0.15, 0.2) is 0 Å². The highest BCUT2D eigenvalue weighted by Gasteiger charge is 2.52. The molecule has 3 amide bonds. The van der Waals surface area contributed by atoms with Gasteiger partial charge in [0.05, 0.1) is 12.2 Å². The number of halogens is 2. The third-order valence-corrected chi connectivity index (χ3v) is 12.6. The monoisotopic (exact) mass is 750 g/mol. The van der Waals surface area contributed by atoms with Gasteiger partial charge in [-0.2, -0.15) is 0 Å². The fraction of sp³-hybridized carbons (Fsp3) is 0.581. The lowest BCUT2D eigenvalue weighted by Gasteiger charge is -2.57. The number of amides is 3. The number of aldehydes is 1. The summed E-state index contributed by atoms with van der Waals surface area (Å²) in [5.74, 6) is 0. The fourth-order valence-corrected chi connectivity index (χ4v) is 8.83. The minimum atomic E-state index is -0.870. The number of carbonyl (C=O) groups is 3. The van der Waals surface area contributed by atoms with Crippen molar-refractivity contribution in [1.82, 2.24) is 24.5 Å². The second-order valence-corrected chi connectivity index (χ2v) is 15.0. The molecule has 5 heterocycles. The van der Waals surface area contributed by atoms with Gasteiger partial charge in [-0.05, 0) is 87.3 Å². The maximum Gasteiger partial charge on any atom is 0.411 e. The van der Waals surface area contributed by atoms with Crippen molar-refractivity contribution < 1.29 is 19.1 Å². The van der Waals surface area contributed by atoms with Crippen LogP contribution in [0.3, 0.4) is 0 Å². The van der Waals surface area contributed by atoms with Crippen molar-refractivity contribution in [2.45, 2.75) is 63.0 Å². The Hall–Kier alpha value is -2.03. The Morgan fingerprint density at radius 2 is 1.80 bits per heavy atom. The van der Waals surface area contributed by atoms with Gasteiger partial charge in [0.2, 0.25) is 0 Å². The van der Waals surface area contributed by atoms with Gasteiger partial charge in [-0.25, -0.2) is 9.59 Å². The number of likely N-dealkylation sites (N-methyl/N-ethyl adjacent to an activating group) is 1. The maximum atomic E-state index is 13.9. The highest BCUT2D eigenvalue weighted by Crippen LogP contribution is 2.41. The van der Waals surface area contributed by atoms with E-state index in [1.807, 2.05) is 34.5 Å². The lowest BCUT2D eigenvalue weighted by molar-refractivity contribution is -0.129. The summed E-state index contributed by atoms with van der Waals surface area (Å²) >= 11 is 8.66. The smallest absolute Gasteiger partial charge is 0.411 e. The van der Waals surface area contributed by atoms with Crippen LogP contribution < -0.4 is 5.32 Å². The Labute approximate surface area is 279 Å². The molecule has 2 aromatic rings. The number of anilines is 1. The van der Waals surface area contributed by atoms with Gasteiger partial charge in [-0.1, -0.05) is 6.07 Å². The average molecular weight is 753 g/mol. The Balaban J connectivity index is 1.23. The van der Waals surface area contributed by atoms with Crippen LogP contribution >= 0.6 is 43.2 Å². The van der Waals surface area contributed by atoms with Crippen molar-refractivity contribution in [3.8, 4) is 0 Å². The molecule has 2 atom stereocenters. The van der Waals surface area contributed by atoms with Crippen molar-refractivity contribution in [1.29, 1.82) is 0 Å². The molecule has 6 rings (SSSR count). The van der Waals surface area contributed by atoms with Crippen LogP contribution in [0, 0.1) is 0 Å². The maximum absolute atomic E-state index is 13.9. The summed E-state index contributed by atoms with van der Waals surface area (Å²) in [4.78, 5) is 51.8. The molecule has 13 heteroatoms. The van der Waals surface area contributed by atoms with Crippen LogP contribution in [0.2, 0.25) is 0 Å². The minimum absolute atomic E-state index is 0.118. The number of fused-ring (bicyclic) bond motifs is 1. The highest BCUT2D eigenvalue weighted by molar-refractivity contribution is 9.13. The molecule has 0 aliphatic carbocycles. The molecule has 44 heavy (non-hydrogen) atoms. The number of piperazine rings is 1. The standard InChI is InChI=1S/C31H40Br2N6O4S/c1-35-12-14-36(15-13-35)23-4-9-37(10-5-23)31(8-16-40)19-24(38-20-28-27(7-17-44-28)34-29(38)41)6-11-39(31)30(42)43-21-22-2-3-25(32)26(33)18-22/h2-3,7,16-18,23-24H,4-6,8-15,19-21H2,1H3,(H,34,41)/t24-,31+/m1/s1. The highest BCUT2D eigenvalue weighted by atomic mass is 79.9. The van der Waals surface area contributed by atoms with Crippen LogP contribution in [0.1, 0.15) is 42.5 Å². The molecular formula is C31H40Br2N6O4S. The molecule has 0 bridgehead atoms. The molecule has 0 spiro atoms. The lowest BCUT2D eigenvalue weighted by atomic mass is 9.84. The molecule has 0 unspecified atom stereocenters. The number of carbonyl (C=O) groups excluding carboxylic acids is 3. The van der Waals surface area contributed by atoms with E-state index in [0.29, 0.717) is 32.0 Å². The van der Waals surface area contributed by atoms with E-state index in [4.69, 9.17) is 4.74 Å². The Bertz CT molecular complexity index is 1360. The van der Waals surface area contributed by atoms with Crippen LogP contribution in [0.25, 0.3) is 0 Å². The number of hydrogen-bond acceptors (Lipinski definition) is 8. The zero-order valence-electron chi connectivity index (χ0n) is 25.1. The molecular weight excluding hydrogens is 712 g/mol. The third kappa shape index (κ3) is 6.59. The summed E-state index contributed by atoms with van der Waals surface area (Å²) in [5, 5.41) is 5.04. The number of benzene rings is 1. The molecule has 1 N–H and O–H groups in total. The van der Waals surface area contributed by atoms with E-state index in [9.17, 15) is 14.4 Å². The van der Waals surface area contributed by atoms with Crippen LogP contribution in [0.5, 0.6) is 0 Å². The zero-order chi connectivity index (χ0) is 30.8. The van der Waals surface area contributed by atoms with E-state index in [0.717, 1.165) is 83.5 Å². The first kappa shape index (κ1) is 31.9. The number of thiophene rings is 1. The summed E-state index contributed by atoms with van der Waals surface area (Å²) in [5.41, 5.74) is 0.876. The van der Waals surface area contributed by atoms with Gasteiger partial charge in [-0.15, -0.1) is 11.3 Å². The SMILES string of the molecule is CN1CCN(C2CCN([C@]3(CC=O)C[C@H](N4Cc5sccc5NC4=O)CCN3C(=O)OCc3ccc(Br)c(Br)c3)CC2)CC1. The third-order valence-electron chi connectivity index (χ3n) is 9.84. The molecule has 238 valence electrons. The summed E-state index contributed by atoms with van der Waals surface area (Å²) < 4.78 is 7.74. The van der Waals surface area contributed by atoms with E-state index in [2.05, 4.69) is 58.9 Å². The predicted octanol–water partition coefficient (Wildman–Crippen LogP) is 5.42. The molecule has 10 nitrogen and oxygen atoms in total. The Kier molecular flexibility index (Phi) is 9.99. The molecule has 4 aliphatic rings. The summed E-state index contributed by atoms with van der Waals surface area (Å²) in [6.45, 7) is 6.93. The number of piperidine rings is 2. The van der Waals surface area contributed by atoms with Crippen LogP contribution in [0.4, 0.5) is 15.3 Å². The normalized spacial score (nSPS) is 25.9. The van der Waals surface area contributed by atoms with Gasteiger partial charge in [0.1, 0.15) is 18.6 Å². The van der Waals surface area contributed by atoms with Crippen molar-refractivity contribution in [3.05, 3.63) is 49.0 Å². The minimum Gasteiger partial charge on any atom is -0.445 e. The van der Waals surface area contributed by atoms with E-state index in [1.54, 1.807) is 16.2 Å². The molecule has 0 radical (unpaired) electrons. The first-order chi connectivity index (χ1) is 21.3. The molecule has 1 aromatic carbocycles. The molecule has 0 saturated carbocycles. The summed E-state index contributed by atoms with van der Waals surface area (Å²) in [6, 6.07) is 7.97. The topological polar surface area (TPSA) is 88.7 Å². The first-order valence-electron chi connectivity index (χ1n) is 15.4. The fourth-order valence-electron chi connectivity index (χ4n) is 7.33. The summed E-state index contributed by atoms with van der Waals surface area (Å²) in [7, 11) is 2.17. The van der Waals surface area contributed by atoms with E-state index in [1.165, 1.54) is 0 Å². The Morgan fingerprint density at radius 1 is 1.05 bits per heavy atom. The number of nitrogens with one attached hydrogen (secondary N) is 1. The molecule has 1 aromatic heterocycles. The average Bonchev–Trinajstić information content (AvgIpc) is 3.49. The van der Waals surface area contributed by atoms with Gasteiger partial charge < -0.3 is 24.6 Å². The number of nitrogens with zero attached hydrogens (tertiary/aromatic N) is 5. The Morgan fingerprint density at radius 3 is 2.52 bits per heavy atom. The van der Waals surface area contributed by atoms with Crippen LogP contribution in [-0.4, -0.2) is 114 Å². The van der Waals surface area contributed by atoms with Crippen molar-refractivity contribution in [2.75, 3.05) is 58.2 Å². The second kappa shape index (κ2) is 13.8. The number of rotatable bonds is 7. The number of urea groups is 1. The first-order valence-corrected chi connectivity index (χ1v) is 17.9. The molecule has 3 saturated heterocycles. The largest absolute Gasteiger partial charge is 0.445 e. The molecule has 4 aliphatic heterocycles. The zero-order valence-corrected chi connectivity index (χ0v) is 29.0. The quantitative estimate of drug-likeness (QED) is 0.379. The number of likely N-dealkylation sites (tertiary alicyclic amines) is 2. The van der Waals surface area contributed by atoms with E-state index in [-0.39, 0.29) is 25.1 Å². The second-order valence-electron chi connectivity index (χ2n) is 12.3. The summed E-state index contributed by atoms with van der Waals surface area (Å²) in [6.07, 6.45) is 3.76. The van der Waals surface area contributed by atoms with Crippen molar-refractivity contribution in [2.24, 2.45) is 0 Å². The van der Waals surface area contributed by atoms with Gasteiger partial charge in [-0.3, -0.25) is 14.7 Å². The van der Waals surface area contributed by atoms with E-state index >= 15 is 0 Å². The van der Waals surface area contributed by atoms with Gasteiger partial charge >= 0.3 is 12.1 Å². The molecule has 3 fully saturated rings. The van der Waals surface area contributed by atoms with Crippen LogP contribution in [0.15, 0.2) is 38.6 Å². The van der Waals surface area contributed by atoms with Gasteiger partial charge in [0, 0.05) is 84.6 Å². The van der Waals surface area contributed by atoms with Crippen molar-refractivity contribution in [3.63, 3.8) is 0 Å². The van der Waals surface area contributed by atoms with Crippen LogP contribution in [-0.2, 0) is 22.7 Å². The predicted molar refractivity (Wildman–Crippen MR) is 178 cm³/mol. The number of ether oxygens (including phenoxy) is 1. The number of hydrogen-bond donors (Lipinski definition) is 1. The van der Waals surface area contributed by atoms with Crippen molar-refractivity contribution >= 4 is 67.3 Å².